The minimum Gasteiger partial charge on any atom is -0.248 e. The van der Waals surface area contributed by atoms with Gasteiger partial charge in [-0.2, -0.15) is 0 Å². The highest BCUT2D eigenvalue weighted by molar-refractivity contribution is 5.92. The van der Waals surface area contributed by atoms with Gasteiger partial charge in [0.05, 0.1) is 11.0 Å². The van der Waals surface area contributed by atoms with E-state index in [2.05, 4.69) is 23.2 Å². The Morgan fingerprint density at radius 1 is 0.714 bits per heavy atom. The van der Waals surface area contributed by atoms with Crippen molar-refractivity contribution >= 4 is 21.8 Å². The lowest BCUT2D eigenvalue weighted by Crippen LogP contribution is -1.80. The molecule has 0 N–H and O–H groups in total. The summed E-state index contributed by atoms with van der Waals surface area (Å²) in [4.78, 5) is 4.58. The Morgan fingerprint density at radius 3 is 1.79 bits per heavy atom. The Hall–Kier alpha value is -1.89. The topological polar surface area (TPSA) is 12.9 Å². The molecule has 0 saturated heterocycles. The molecule has 0 unspecified atom stereocenters. The Morgan fingerprint density at radius 2 is 1.21 bits per heavy atom. The summed E-state index contributed by atoms with van der Waals surface area (Å²) < 4.78 is 0. The van der Waals surface area contributed by atoms with E-state index >= 15 is 0 Å². The molecule has 0 radical (unpaired) electrons. The summed E-state index contributed by atoms with van der Waals surface area (Å²) in [6.45, 7) is 0. The number of fused-ring (bicyclic) bond motifs is 2. The van der Waals surface area contributed by atoms with Crippen LogP contribution in [0.25, 0.3) is 21.8 Å². The number of pyridine rings is 1. The molecule has 70 valence electrons. The van der Waals surface area contributed by atoms with Crippen LogP contribution in [0.4, 0.5) is 0 Å². The third-order valence-corrected chi connectivity index (χ3v) is 2.43. The maximum absolute atomic E-state index is 4.58. The largest absolute Gasteiger partial charge is 0.248 e. The molecular formula is C13H13N. The molecule has 0 spiro atoms. The molecule has 2 aromatic carbocycles. The predicted molar refractivity (Wildman–Crippen MR) is 63.5 cm³/mol. The van der Waals surface area contributed by atoms with Gasteiger partial charge < -0.3 is 0 Å². The molecule has 1 heterocycles. The molecule has 1 nitrogen and oxygen atoms in total. The van der Waals surface area contributed by atoms with Gasteiger partial charge in [0, 0.05) is 13.6 Å². The van der Waals surface area contributed by atoms with E-state index in [0.717, 1.165) is 11.0 Å². The fourth-order valence-corrected chi connectivity index (χ4v) is 1.72. The van der Waals surface area contributed by atoms with Gasteiger partial charge in [0.2, 0.25) is 0 Å². The van der Waals surface area contributed by atoms with Crippen molar-refractivity contribution in [3.05, 3.63) is 54.6 Å². The van der Waals surface area contributed by atoms with Crippen LogP contribution >= 0.6 is 0 Å². The van der Waals surface area contributed by atoms with Crippen molar-refractivity contribution in [1.82, 2.24) is 4.98 Å². The number of aromatic nitrogens is 1. The molecule has 1 aromatic heterocycles. The Balaban J connectivity index is 0.000000640. The zero-order chi connectivity index (χ0) is 9.38. The molecule has 0 atom stereocenters. The van der Waals surface area contributed by atoms with E-state index in [1.165, 1.54) is 10.8 Å². The highest BCUT2D eigenvalue weighted by Crippen LogP contribution is 2.18. The van der Waals surface area contributed by atoms with Crippen molar-refractivity contribution in [2.45, 2.75) is 0 Å². The van der Waals surface area contributed by atoms with Crippen LogP contribution < -0.4 is 0 Å². The van der Waals surface area contributed by atoms with Gasteiger partial charge in [0.15, 0.2) is 0 Å². The minimum atomic E-state index is 0. The number of benzene rings is 2. The summed E-state index contributed by atoms with van der Waals surface area (Å²) in [7, 11) is 0. The summed E-state index contributed by atoms with van der Waals surface area (Å²) >= 11 is 0. The summed E-state index contributed by atoms with van der Waals surface area (Å²) in [5.41, 5.74) is 2.12. The van der Waals surface area contributed by atoms with Gasteiger partial charge in [0.1, 0.15) is 0 Å². The number of para-hydroxylation sites is 2. The molecule has 0 fully saturated rings. The smallest absolute Gasteiger partial charge is 0.0709 e. The minimum absolute atomic E-state index is 0. The predicted octanol–water partition coefficient (Wildman–Crippen LogP) is 3.88. The second kappa shape index (κ2) is 2.81. The monoisotopic (exact) mass is 183 g/mol. The third kappa shape index (κ3) is 1.06. The first-order valence-corrected chi connectivity index (χ1v) is 4.68. The fraction of sp³-hybridized carbons (Fsp3) is 0. The van der Waals surface area contributed by atoms with Crippen LogP contribution in [0.2, 0.25) is 0 Å². The summed E-state index contributed by atoms with van der Waals surface area (Å²) in [6.07, 6.45) is 0. The molecule has 3 aromatic rings. The van der Waals surface area contributed by atoms with Crippen molar-refractivity contribution in [2.24, 2.45) is 0 Å². The van der Waals surface area contributed by atoms with E-state index in [9.17, 15) is 0 Å². The van der Waals surface area contributed by atoms with Crippen LogP contribution in [0.3, 0.4) is 0 Å². The molecule has 0 aliphatic heterocycles. The van der Waals surface area contributed by atoms with Gasteiger partial charge in [-0.05, 0) is 18.2 Å². The highest BCUT2D eigenvalue weighted by atomic mass is 14.7. The Labute approximate surface area is 85.0 Å². The van der Waals surface area contributed by atoms with Crippen molar-refractivity contribution in [3.8, 4) is 0 Å². The van der Waals surface area contributed by atoms with Gasteiger partial charge in [0.25, 0.3) is 0 Å². The quantitative estimate of drug-likeness (QED) is 0.482. The van der Waals surface area contributed by atoms with Crippen LogP contribution in [-0.2, 0) is 0 Å². The lowest BCUT2D eigenvalue weighted by atomic mass is 10.1. The standard InChI is InChI=1S/C13H9N.2H2/c1-3-7-12-10(5-1)9-11-6-2-4-8-13(11)14-12;;/h1-9H;2*1H. The third-order valence-electron chi connectivity index (χ3n) is 2.43. The molecule has 0 amide bonds. The van der Waals surface area contributed by atoms with Crippen molar-refractivity contribution < 1.29 is 2.85 Å². The fourth-order valence-electron chi connectivity index (χ4n) is 1.72. The van der Waals surface area contributed by atoms with Gasteiger partial charge in [-0.25, -0.2) is 4.98 Å². The van der Waals surface area contributed by atoms with Crippen molar-refractivity contribution in [1.29, 1.82) is 0 Å². The number of rotatable bonds is 0. The number of hydrogen-bond acceptors (Lipinski definition) is 1. The van der Waals surface area contributed by atoms with Gasteiger partial charge in [-0.1, -0.05) is 36.4 Å². The highest BCUT2D eigenvalue weighted by Gasteiger charge is 1.96. The van der Waals surface area contributed by atoms with E-state index < -0.39 is 0 Å². The Kier molecular flexibility index (Phi) is 1.51. The van der Waals surface area contributed by atoms with Gasteiger partial charge in [-0.15, -0.1) is 0 Å². The summed E-state index contributed by atoms with van der Waals surface area (Å²) in [5, 5.41) is 2.40. The van der Waals surface area contributed by atoms with E-state index in [4.69, 9.17) is 0 Å². The van der Waals surface area contributed by atoms with Crippen LogP contribution in [0.1, 0.15) is 2.85 Å². The first-order chi connectivity index (χ1) is 6.93. The molecule has 0 aliphatic rings. The lowest BCUT2D eigenvalue weighted by molar-refractivity contribution is 1.50. The number of hydrogen-bond donors (Lipinski definition) is 0. The molecular weight excluding hydrogens is 170 g/mol. The van der Waals surface area contributed by atoms with E-state index in [-0.39, 0.29) is 2.85 Å². The van der Waals surface area contributed by atoms with Crippen molar-refractivity contribution in [2.75, 3.05) is 0 Å². The normalized spacial score (nSPS) is 10.9. The van der Waals surface area contributed by atoms with E-state index in [0.29, 0.717) is 0 Å². The Bertz CT molecular complexity index is 503. The zero-order valence-corrected chi connectivity index (χ0v) is 7.64. The van der Waals surface area contributed by atoms with E-state index in [1.807, 2.05) is 36.4 Å². The van der Waals surface area contributed by atoms with Crippen LogP contribution in [-0.4, -0.2) is 4.98 Å². The SMILES string of the molecule is [HH].[HH].c1ccc2nc3ccccc3cc2c1. The molecule has 3 rings (SSSR count). The van der Waals surface area contributed by atoms with Crippen LogP contribution in [0.5, 0.6) is 0 Å². The van der Waals surface area contributed by atoms with Gasteiger partial charge >= 0.3 is 0 Å². The second-order valence-electron chi connectivity index (χ2n) is 3.37. The van der Waals surface area contributed by atoms with Gasteiger partial charge in [-0.3, -0.25) is 0 Å². The molecule has 14 heavy (non-hydrogen) atoms. The molecule has 1 heteroatoms. The van der Waals surface area contributed by atoms with Crippen LogP contribution in [0, 0.1) is 0 Å². The zero-order valence-electron chi connectivity index (χ0n) is 7.64. The number of nitrogens with zero attached hydrogens (tertiary/aromatic N) is 1. The molecule has 0 aliphatic carbocycles. The summed E-state index contributed by atoms with van der Waals surface area (Å²) in [6, 6.07) is 18.6. The lowest BCUT2D eigenvalue weighted by Gasteiger charge is -1.99. The molecule has 0 saturated carbocycles. The van der Waals surface area contributed by atoms with Crippen molar-refractivity contribution in [3.63, 3.8) is 0 Å². The second-order valence-corrected chi connectivity index (χ2v) is 3.37. The maximum Gasteiger partial charge on any atom is 0.0709 e. The average molecular weight is 183 g/mol. The molecule has 0 bridgehead atoms. The maximum atomic E-state index is 4.58. The average Bonchev–Trinajstić information content (AvgIpc) is 2.26. The summed E-state index contributed by atoms with van der Waals surface area (Å²) in [5.74, 6) is 0. The van der Waals surface area contributed by atoms with E-state index in [1.54, 1.807) is 0 Å². The first kappa shape index (κ1) is 7.51. The van der Waals surface area contributed by atoms with Crippen LogP contribution in [0.15, 0.2) is 54.6 Å². The first-order valence-electron chi connectivity index (χ1n) is 4.68.